The molecule has 4 rings (SSSR count). The van der Waals surface area contributed by atoms with Crippen LogP contribution < -0.4 is 0 Å². The summed E-state index contributed by atoms with van der Waals surface area (Å²) in [4.78, 5) is 24.1. The van der Waals surface area contributed by atoms with Gasteiger partial charge in [-0.1, -0.05) is 0 Å². The Labute approximate surface area is 151 Å². The van der Waals surface area contributed by atoms with Gasteiger partial charge in [0.1, 0.15) is 0 Å². The van der Waals surface area contributed by atoms with Gasteiger partial charge in [-0.2, -0.15) is 0 Å². The zero-order valence-electron chi connectivity index (χ0n) is 14.5. The Morgan fingerprint density at radius 2 is 2.04 bits per heavy atom. The van der Waals surface area contributed by atoms with Crippen molar-refractivity contribution in [1.29, 1.82) is 0 Å². The Morgan fingerprint density at radius 3 is 2.85 bits per heavy atom. The molecule has 1 aromatic carbocycles. The van der Waals surface area contributed by atoms with Gasteiger partial charge in [0.15, 0.2) is 0 Å². The lowest BCUT2D eigenvalue weighted by Crippen LogP contribution is -2.55. The summed E-state index contributed by atoms with van der Waals surface area (Å²) in [6.07, 6.45) is 0.253. The van der Waals surface area contributed by atoms with Gasteiger partial charge in [0, 0.05) is 31.7 Å². The van der Waals surface area contributed by atoms with Crippen molar-refractivity contribution in [3.8, 4) is 0 Å². The minimum atomic E-state index is -0.874. The van der Waals surface area contributed by atoms with Crippen molar-refractivity contribution in [3.63, 3.8) is 0 Å². The van der Waals surface area contributed by atoms with Crippen LogP contribution in [0.5, 0.6) is 0 Å². The molecule has 2 aliphatic heterocycles. The Hall–Kier alpha value is -2.00. The van der Waals surface area contributed by atoms with E-state index in [-0.39, 0.29) is 11.9 Å². The van der Waals surface area contributed by atoms with Gasteiger partial charge < -0.3 is 24.8 Å². The molecule has 8 nitrogen and oxygen atoms in total. The van der Waals surface area contributed by atoms with E-state index in [1.807, 2.05) is 6.07 Å². The molecular formula is C18H24N4O4. The van der Waals surface area contributed by atoms with Crippen LogP contribution in [0.15, 0.2) is 24.5 Å². The summed E-state index contributed by atoms with van der Waals surface area (Å²) in [6.45, 7) is 3.39. The number of carbonyl (C=O) groups excluding carboxylic acids is 1. The second kappa shape index (κ2) is 7.32. The molecule has 140 valence electrons. The van der Waals surface area contributed by atoms with E-state index in [2.05, 4.69) is 14.9 Å². The fraction of sp³-hybridized carbons (Fsp3) is 0.556. The molecule has 2 aliphatic rings. The largest absolute Gasteiger partial charge is 0.390 e. The Bertz CT molecular complexity index is 773. The number of nitrogens with zero attached hydrogens (tertiary/aromatic N) is 3. The van der Waals surface area contributed by atoms with E-state index < -0.39 is 12.2 Å². The van der Waals surface area contributed by atoms with Crippen LogP contribution in [-0.4, -0.2) is 93.5 Å². The number of H-pyrrole nitrogens is 1. The summed E-state index contributed by atoms with van der Waals surface area (Å²) in [5, 5.41) is 20.9. The molecule has 0 spiro atoms. The molecule has 1 aromatic heterocycles. The monoisotopic (exact) mass is 360 g/mol. The van der Waals surface area contributed by atoms with Crippen LogP contribution in [0.3, 0.4) is 0 Å². The van der Waals surface area contributed by atoms with E-state index in [1.165, 1.54) is 0 Å². The lowest BCUT2D eigenvalue weighted by atomic mass is 10.0. The smallest absolute Gasteiger partial charge is 0.253 e. The van der Waals surface area contributed by atoms with E-state index in [1.54, 1.807) is 23.4 Å². The van der Waals surface area contributed by atoms with E-state index in [9.17, 15) is 15.0 Å². The molecule has 3 N–H and O–H groups in total. The van der Waals surface area contributed by atoms with Gasteiger partial charge in [-0.05, 0) is 24.6 Å². The van der Waals surface area contributed by atoms with Crippen molar-refractivity contribution in [2.24, 2.45) is 0 Å². The van der Waals surface area contributed by atoms with Crippen molar-refractivity contribution >= 4 is 16.9 Å². The van der Waals surface area contributed by atoms with Gasteiger partial charge >= 0.3 is 0 Å². The highest BCUT2D eigenvalue weighted by Gasteiger charge is 2.37. The fourth-order valence-corrected chi connectivity index (χ4v) is 3.82. The van der Waals surface area contributed by atoms with Gasteiger partial charge in [0.25, 0.3) is 5.91 Å². The van der Waals surface area contributed by atoms with E-state index in [4.69, 9.17) is 4.74 Å². The highest BCUT2D eigenvalue weighted by molar-refractivity contribution is 5.97. The molecule has 0 unspecified atom stereocenters. The number of amides is 1. The molecule has 0 bridgehead atoms. The molecule has 3 atom stereocenters. The van der Waals surface area contributed by atoms with Crippen LogP contribution in [-0.2, 0) is 4.74 Å². The number of aromatic amines is 1. The number of hydrogen-bond acceptors (Lipinski definition) is 6. The predicted octanol–water partition coefficient (Wildman–Crippen LogP) is -0.169. The number of likely N-dealkylation sites (tertiary alicyclic amines) is 1. The van der Waals surface area contributed by atoms with Gasteiger partial charge in [0.2, 0.25) is 0 Å². The highest BCUT2D eigenvalue weighted by atomic mass is 16.5. The predicted molar refractivity (Wildman–Crippen MR) is 94.8 cm³/mol. The first-order valence-electron chi connectivity index (χ1n) is 9.04. The van der Waals surface area contributed by atoms with Crippen LogP contribution >= 0.6 is 0 Å². The lowest BCUT2D eigenvalue weighted by molar-refractivity contribution is -0.0609. The number of benzene rings is 1. The number of morpholine rings is 1. The third kappa shape index (κ3) is 3.33. The normalized spacial score (nSPS) is 28.2. The molecule has 1 amide bonds. The first kappa shape index (κ1) is 17.4. The van der Waals surface area contributed by atoms with Gasteiger partial charge in [-0.25, -0.2) is 4.98 Å². The van der Waals surface area contributed by atoms with Gasteiger partial charge in [-0.15, -0.1) is 0 Å². The standard InChI is InChI=1S/C18H24N4O4/c23-16-3-4-22(10-15(17(16)24)21-5-7-26-8-6-21)18(25)12-1-2-13-14(9-12)20-11-19-13/h1-2,9,11,15-17,23-24H,3-8,10H2,(H,19,20)/t15-,16-,17+/m1/s1. The number of aliphatic hydroxyl groups is 2. The molecule has 3 heterocycles. The quantitative estimate of drug-likeness (QED) is 0.687. The number of fused-ring (bicyclic) bond motifs is 1. The van der Waals surface area contributed by atoms with Crippen molar-refractivity contribution < 1.29 is 19.7 Å². The lowest BCUT2D eigenvalue weighted by Gasteiger charge is -2.38. The minimum Gasteiger partial charge on any atom is -0.390 e. The van der Waals surface area contributed by atoms with Crippen molar-refractivity contribution in [2.75, 3.05) is 39.4 Å². The molecular weight excluding hydrogens is 336 g/mol. The zero-order valence-corrected chi connectivity index (χ0v) is 14.5. The summed E-state index contributed by atoms with van der Waals surface area (Å²) >= 11 is 0. The van der Waals surface area contributed by atoms with Crippen molar-refractivity contribution in [1.82, 2.24) is 19.8 Å². The maximum atomic E-state index is 13.0. The molecule has 0 saturated carbocycles. The number of nitrogens with one attached hydrogen (secondary N) is 1. The van der Waals surface area contributed by atoms with Crippen LogP contribution in [0, 0.1) is 0 Å². The minimum absolute atomic E-state index is 0.0962. The number of carbonyl (C=O) groups is 1. The Morgan fingerprint density at radius 1 is 1.23 bits per heavy atom. The number of hydrogen-bond donors (Lipinski definition) is 3. The summed E-state index contributed by atoms with van der Waals surface area (Å²) in [7, 11) is 0. The first-order chi connectivity index (χ1) is 12.6. The zero-order chi connectivity index (χ0) is 18.1. The van der Waals surface area contributed by atoms with Crippen LogP contribution in [0.25, 0.3) is 11.0 Å². The number of ether oxygens (including phenoxy) is 1. The van der Waals surface area contributed by atoms with Crippen molar-refractivity contribution in [3.05, 3.63) is 30.1 Å². The summed E-state index contributed by atoms with van der Waals surface area (Å²) in [5.74, 6) is -0.0962. The second-order valence-electron chi connectivity index (χ2n) is 6.95. The average Bonchev–Trinajstić information content (AvgIpc) is 3.09. The molecule has 0 radical (unpaired) electrons. The highest BCUT2D eigenvalue weighted by Crippen LogP contribution is 2.21. The average molecular weight is 360 g/mol. The topological polar surface area (TPSA) is 102 Å². The van der Waals surface area contributed by atoms with Crippen LogP contribution in [0.2, 0.25) is 0 Å². The second-order valence-corrected chi connectivity index (χ2v) is 6.95. The van der Waals surface area contributed by atoms with Crippen LogP contribution in [0.4, 0.5) is 0 Å². The maximum Gasteiger partial charge on any atom is 0.253 e. The molecule has 26 heavy (non-hydrogen) atoms. The first-order valence-corrected chi connectivity index (χ1v) is 9.04. The molecule has 2 fully saturated rings. The summed E-state index contributed by atoms with van der Waals surface area (Å²) in [5.41, 5.74) is 2.21. The van der Waals surface area contributed by atoms with Crippen LogP contribution in [0.1, 0.15) is 16.8 Å². The fourth-order valence-electron chi connectivity index (χ4n) is 3.82. The number of imidazole rings is 1. The number of aromatic nitrogens is 2. The Balaban J connectivity index is 1.56. The van der Waals surface area contributed by atoms with Gasteiger partial charge in [0.05, 0.1) is 48.8 Å². The SMILES string of the molecule is O=C(c1ccc2nc[nH]c2c1)N1CC[C@@H](O)[C@@H](O)[C@H](N2CCOCC2)C1. The Kier molecular flexibility index (Phi) is 4.90. The van der Waals surface area contributed by atoms with E-state index in [0.717, 1.165) is 11.0 Å². The molecule has 2 saturated heterocycles. The summed E-state index contributed by atoms with van der Waals surface area (Å²) in [6, 6.07) is 5.09. The third-order valence-electron chi connectivity index (χ3n) is 5.36. The molecule has 0 aliphatic carbocycles. The number of rotatable bonds is 2. The maximum absolute atomic E-state index is 13.0. The van der Waals surface area contributed by atoms with E-state index >= 15 is 0 Å². The van der Waals surface area contributed by atoms with E-state index in [0.29, 0.717) is 51.4 Å². The van der Waals surface area contributed by atoms with Crippen molar-refractivity contribution in [2.45, 2.75) is 24.7 Å². The molecule has 8 heteroatoms. The third-order valence-corrected chi connectivity index (χ3v) is 5.36. The molecule has 2 aromatic rings. The number of aliphatic hydroxyl groups excluding tert-OH is 2. The van der Waals surface area contributed by atoms with Gasteiger partial charge in [-0.3, -0.25) is 9.69 Å². The summed E-state index contributed by atoms with van der Waals surface area (Å²) < 4.78 is 5.38.